The third kappa shape index (κ3) is 3.72. The van der Waals surface area contributed by atoms with Crippen LogP contribution in [0.4, 0.5) is 11.4 Å². The first-order valence-electron chi connectivity index (χ1n) is 6.26. The number of rotatable bonds is 5. The number of sulfonamides is 1. The topological polar surface area (TPSA) is 118 Å². The fraction of sp³-hybridized carbons (Fsp3) is 0.143. The van der Waals surface area contributed by atoms with Crippen LogP contribution in [0, 0.1) is 0 Å². The molecule has 0 aliphatic rings. The van der Waals surface area contributed by atoms with Gasteiger partial charge in [-0.05, 0) is 23.8 Å². The van der Waals surface area contributed by atoms with Crippen LogP contribution < -0.4 is 16.2 Å². The molecule has 1 unspecified atom stereocenters. The van der Waals surface area contributed by atoms with E-state index in [9.17, 15) is 13.5 Å². The second-order valence-electron chi connectivity index (χ2n) is 4.58. The Morgan fingerprint density at radius 3 is 2.38 bits per heavy atom. The Balaban J connectivity index is 2.34. The van der Waals surface area contributed by atoms with Gasteiger partial charge in [-0.2, -0.15) is 0 Å². The predicted molar refractivity (Wildman–Crippen MR) is 82.1 cm³/mol. The molecule has 21 heavy (non-hydrogen) atoms. The maximum Gasteiger partial charge on any atom is 0.238 e. The van der Waals surface area contributed by atoms with Crippen LogP contribution in [-0.2, 0) is 10.0 Å². The van der Waals surface area contributed by atoms with Gasteiger partial charge in [0.1, 0.15) is 0 Å². The van der Waals surface area contributed by atoms with Crippen LogP contribution in [0.1, 0.15) is 11.6 Å². The number of hydrogen-bond donors (Lipinski definition) is 4. The third-order valence-electron chi connectivity index (χ3n) is 3.07. The fourth-order valence-electron chi connectivity index (χ4n) is 1.94. The molecule has 0 bridgehead atoms. The maximum absolute atomic E-state index is 11.4. The summed E-state index contributed by atoms with van der Waals surface area (Å²) in [5.74, 6) is 0. The number of aliphatic hydroxyl groups is 1. The Kier molecular flexibility index (Phi) is 4.46. The van der Waals surface area contributed by atoms with Crippen molar-refractivity contribution in [3.05, 3.63) is 54.1 Å². The first-order valence-corrected chi connectivity index (χ1v) is 7.81. The number of nitrogens with two attached hydrogens (primary N) is 2. The SMILES string of the molecule is Nc1ccc(S(N)(=O)=O)cc1NC(CO)c1ccccc1. The van der Waals surface area contributed by atoms with Gasteiger partial charge in [-0.15, -0.1) is 0 Å². The van der Waals surface area contributed by atoms with Crippen molar-refractivity contribution < 1.29 is 13.5 Å². The number of anilines is 2. The minimum absolute atomic E-state index is 0.0380. The fourth-order valence-corrected chi connectivity index (χ4v) is 2.48. The molecule has 0 heterocycles. The normalized spacial score (nSPS) is 12.9. The lowest BCUT2D eigenvalue weighted by molar-refractivity contribution is 0.276. The highest BCUT2D eigenvalue weighted by Gasteiger charge is 2.14. The molecule has 6 nitrogen and oxygen atoms in total. The van der Waals surface area contributed by atoms with E-state index in [1.54, 1.807) is 0 Å². The summed E-state index contributed by atoms with van der Waals surface area (Å²) in [5, 5.41) is 17.6. The zero-order valence-corrected chi connectivity index (χ0v) is 12.0. The molecule has 7 heteroatoms. The van der Waals surface area contributed by atoms with Crippen LogP contribution in [-0.4, -0.2) is 20.1 Å². The molecule has 0 saturated heterocycles. The molecule has 0 fully saturated rings. The molecule has 6 N–H and O–H groups in total. The van der Waals surface area contributed by atoms with E-state index in [0.717, 1.165) is 5.56 Å². The summed E-state index contributed by atoms with van der Waals surface area (Å²) in [6.45, 7) is -0.164. The molecule has 0 aliphatic carbocycles. The van der Waals surface area contributed by atoms with E-state index >= 15 is 0 Å². The molecule has 0 radical (unpaired) electrons. The number of hydrogen-bond acceptors (Lipinski definition) is 5. The van der Waals surface area contributed by atoms with Crippen LogP contribution in [0.25, 0.3) is 0 Å². The molecule has 2 rings (SSSR count). The second kappa shape index (κ2) is 6.13. The Bertz CT molecular complexity index is 717. The highest BCUT2D eigenvalue weighted by molar-refractivity contribution is 7.89. The van der Waals surface area contributed by atoms with Gasteiger partial charge in [0.25, 0.3) is 0 Å². The van der Waals surface area contributed by atoms with Crippen molar-refractivity contribution in [3.63, 3.8) is 0 Å². The number of aliphatic hydroxyl groups excluding tert-OH is 1. The Labute approximate surface area is 123 Å². The minimum Gasteiger partial charge on any atom is -0.397 e. The summed E-state index contributed by atoms with van der Waals surface area (Å²) in [4.78, 5) is -0.0380. The van der Waals surface area contributed by atoms with Crippen molar-refractivity contribution in [2.75, 3.05) is 17.7 Å². The highest BCUT2D eigenvalue weighted by atomic mass is 32.2. The molecule has 2 aromatic rings. The number of primary sulfonamides is 1. The van der Waals surface area contributed by atoms with Crippen molar-refractivity contribution in [2.24, 2.45) is 5.14 Å². The van der Waals surface area contributed by atoms with Gasteiger partial charge in [-0.25, -0.2) is 13.6 Å². The summed E-state index contributed by atoms with van der Waals surface area (Å²) in [7, 11) is -3.81. The molecule has 1 atom stereocenters. The molecule has 112 valence electrons. The van der Waals surface area contributed by atoms with Crippen LogP contribution >= 0.6 is 0 Å². The van der Waals surface area contributed by atoms with Gasteiger partial charge in [0.2, 0.25) is 10.0 Å². The molecule has 2 aromatic carbocycles. The first kappa shape index (κ1) is 15.3. The van der Waals surface area contributed by atoms with E-state index in [4.69, 9.17) is 10.9 Å². The van der Waals surface area contributed by atoms with E-state index in [2.05, 4.69) is 5.32 Å². The molecule has 0 amide bonds. The number of nitrogens with one attached hydrogen (secondary N) is 1. The van der Waals surface area contributed by atoms with Gasteiger partial charge in [-0.3, -0.25) is 0 Å². The van der Waals surface area contributed by atoms with Gasteiger partial charge in [0.05, 0.1) is 28.9 Å². The lowest BCUT2D eigenvalue weighted by Gasteiger charge is -2.19. The monoisotopic (exact) mass is 307 g/mol. The maximum atomic E-state index is 11.4. The van der Waals surface area contributed by atoms with Crippen molar-refractivity contribution >= 4 is 21.4 Å². The average Bonchev–Trinajstić information content (AvgIpc) is 2.46. The standard InChI is InChI=1S/C14H17N3O3S/c15-12-7-6-11(21(16,19)20)8-13(12)17-14(9-18)10-4-2-1-3-5-10/h1-8,14,17-18H,9,15H2,(H2,16,19,20). The third-order valence-corrected chi connectivity index (χ3v) is 3.98. The smallest absolute Gasteiger partial charge is 0.238 e. The lowest BCUT2D eigenvalue weighted by atomic mass is 10.1. The molecule has 0 aromatic heterocycles. The zero-order chi connectivity index (χ0) is 15.5. The van der Waals surface area contributed by atoms with Gasteiger partial charge in [0, 0.05) is 0 Å². The second-order valence-corrected chi connectivity index (χ2v) is 6.15. The first-order chi connectivity index (χ1) is 9.91. The van der Waals surface area contributed by atoms with Crippen LogP contribution in [0.2, 0.25) is 0 Å². The van der Waals surface area contributed by atoms with Crippen molar-refractivity contribution in [3.8, 4) is 0 Å². The quantitative estimate of drug-likeness (QED) is 0.616. The van der Waals surface area contributed by atoms with Crippen molar-refractivity contribution in [1.82, 2.24) is 0 Å². The van der Waals surface area contributed by atoms with Gasteiger partial charge < -0.3 is 16.2 Å². The molecule has 0 saturated carbocycles. The zero-order valence-electron chi connectivity index (χ0n) is 11.2. The summed E-state index contributed by atoms with van der Waals surface area (Å²) < 4.78 is 22.8. The van der Waals surface area contributed by atoms with E-state index < -0.39 is 16.1 Å². The highest BCUT2D eigenvalue weighted by Crippen LogP contribution is 2.26. The summed E-state index contributed by atoms with van der Waals surface area (Å²) in [5.41, 5.74) is 7.47. The van der Waals surface area contributed by atoms with E-state index in [1.807, 2.05) is 30.3 Å². The van der Waals surface area contributed by atoms with Crippen LogP contribution in [0.3, 0.4) is 0 Å². The molecular formula is C14H17N3O3S. The van der Waals surface area contributed by atoms with Crippen molar-refractivity contribution in [1.29, 1.82) is 0 Å². The predicted octanol–water partition coefficient (Wildman–Crippen LogP) is 1.06. The lowest BCUT2D eigenvalue weighted by Crippen LogP contribution is -2.17. The van der Waals surface area contributed by atoms with Crippen molar-refractivity contribution in [2.45, 2.75) is 10.9 Å². The van der Waals surface area contributed by atoms with E-state index in [0.29, 0.717) is 11.4 Å². The Morgan fingerprint density at radius 1 is 1.14 bits per heavy atom. The average molecular weight is 307 g/mol. The van der Waals surface area contributed by atoms with E-state index in [1.165, 1.54) is 18.2 Å². The summed E-state index contributed by atoms with van der Waals surface area (Å²) >= 11 is 0. The largest absolute Gasteiger partial charge is 0.397 e. The Hall–Kier alpha value is -2.09. The van der Waals surface area contributed by atoms with Crippen LogP contribution in [0.15, 0.2) is 53.4 Å². The van der Waals surface area contributed by atoms with Gasteiger partial charge in [-0.1, -0.05) is 30.3 Å². The van der Waals surface area contributed by atoms with Crippen LogP contribution in [0.5, 0.6) is 0 Å². The Morgan fingerprint density at radius 2 is 1.81 bits per heavy atom. The van der Waals surface area contributed by atoms with E-state index in [-0.39, 0.29) is 11.5 Å². The molecule has 0 aliphatic heterocycles. The number of nitrogen functional groups attached to an aromatic ring is 1. The van der Waals surface area contributed by atoms with Gasteiger partial charge in [0.15, 0.2) is 0 Å². The minimum atomic E-state index is -3.81. The summed E-state index contributed by atoms with van der Waals surface area (Å²) in [6, 6.07) is 13.0. The molecule has 0 spiro atoms. The summed E-state index contributed by atoms with van der Waals surface area (Å²) in [6.07, 6.45) is 0. The molecular weight excluding hydrogens is 290 g/mol. The van der Waals surface area contributed by atoms with Gasteiger partial charge >= 0.3 is 0 Å². The number of benzene rings is 2.